The first-order valence-corrected chi connectivity index (χ1v) is 7.73. The molecule has 0 spiro atoms. The Morgan fingerprint density at radius 3 is 2.65 bits per heavy atom. The van der Waals surface area contributed by atoms with E-state index >= 15 is 0 Å². The molecule has 0 bridgehead atoms. The molecule has 6 heteroatoms. The molecule has 0 N–H and O–H groups in total. The molecule has 0 radical (unpaired) electrons. The number of hydrogen-bond acceptors (Lipinski definition) is 3. The number of aryl methyl sites for hydroxylation is 1. The van der Waals surface area contributed by atoms with Gasteiger partial charge in [-0.05, 0) is 25.0 Å². The second-order valence-electron chi connectivity index (χ2n) is 4.61. The first-order chi connectivity index (χ1) is 9.51. The summed E-state index contributed by atoms with van der Waals surface area (Å²) >= 11 is 3.32. The third-order valence-electron chi connectivity index (χ3n) is 3.00. The molecule has 0 atom stereocenters. The molecule has 1 amide bonds. The van der Waals surface area contributed by atoms with Gasteiger partial charge in [0.15, 0.2) is 0 Å². The number of amides is 1. The third kappa shape index (κ3) is 4.30. The molecule has 0 saturated carbocycles. The first-order valence-electron chi connectivity index (χ1n) is 6.61. The van der Waals surface area contributed by atoms with E-state index in [1.807, 2.05) is 13.8 Å². The standard InChI is InChI=1S/C14H19BrN2O3/c1-3-4-8-16(9-7-15)14(18)12-10-11(2)5-6-13(12)17(19)20/h5-6,10H,3-4,7-9H2,1-2H3. The van der Waals surface area contributed by atoms with E-state index in [-0.39, 0.29) is 17.2 Å². The van der Waals surface area contributed by atoms with Crippen molar-refractivity contribution in [3.8, 4) is 0 Å². The van der Waals surface area contributed by atoms with Crippen molar-refractivity contribution in [2.75, 3.05) is 18.4 Å². The van der Waals surface area contributed by atoms with Crippen molar-refractivity contribution < 1.29 is 9.72 Å². The van der Waals surface area contributed by atoms with Gasteiger partial charge in [0.25, 0.3) is 11.6 Å². The number of carbonyl (C=O) groups is 1. The second kappa shape index (κ2) is 7.99. The number of carbonyl (C=O) groups excluding carboxylic acids is 1. The Hall–Kier alpha value is -1.43. The number of unbranched alkanes of at least 4 members (excludes halogenated alkanes) is 1. The number of nitro benzene ring substituents is 1. The summed E-state index contributed by atoms with van der Waals surface area (Å²) in [6, 6.07) is 4.64. The molecule has 5 nitrogen and oxygen atoms in total. The molecule has 1 aromatic carbocycles. The smallest absolute Gasteiger partial charge is 0.282 e. The summed E-state index contributed by atoms with van der Waals surface area (Å²) in [5.41, 5.74) is 0.886. The van der Waals surface area contributed by atoms with E-state index in [0.29, 0.717) is 18.4 Å². The zero-order valence-corrected chi connectivity index (χ0v) is 13.4. The number of halogens is 1. The highest BCUT2D eigenvalue weighted by molar-refractivity contribution is 9.09. The summed E-state index contributed by atoms with van der Waals surface area (Å²) in [6.07, 6.45) is 1.86. The fourth-order valence-corrected chi connectivity index (χ4v) is 2.34. The lowest BCUT2D eigenvalue weighted by molar-refractivity contribution is -0.385. The highest BCUT2D eigenvalue weighted by Gasteiger charge is 2.24. The van der Waals surface area contributed by atoms with Gasteiger partial charge >= 0.3 is 0 Å². The average Bonchev–Trinajstić information content (AvgIpc) is 2.42. The summed E-state index contributed by atoms with van der Waals surface area (Å²) in [7, 11) is 0. The van der Waals surface area contributed by atoms with E-state index in [9.17, 15) is 14.9 Å². The maximum Gasteiger partial charge on any atom is 0.282 e. The number of nitrogens with zero attached hydrogens (tertiary/aromatic N) is 2. The molecular weight excluding hydrogens is 324 g/mol. The van der Waals surface area contributed by atoms with E-state index in [4.69, 9.17) is 0 Å². The minimum absolute atomic E-state index is 0.128. The topological polar surface area (TPSA) is 63.5 Å². The number of rotatable bonds is 7. The van der Waals surface area contributed by atoms with E-state index in [2.05, 4.69) is 15.9 Å². The maximum atomic E-state index is 12.5. The van der Waals surface area contributed by atoms with Crippen molar-refractivity contribution >= 4 is 27.5 Å². The van der Waals surface area contributed by atoms with Gasteiger partial charge in [-0.2, -0.15) is 0 Å². The summed E-state index contributed by atoms with van der Waals surface area (Å²) in [5, 5.41) is 11.7. The predicted molar refractivity (Wildman–Crippen MR) is 82.4 cm³/mol. The van der Waals surface area contributed by atoms with Crippen molar-refractivity contribution in [2.45, 2.75) is 26.7 Å². The van der Waals surface area contributed by atoms with Crippen LogP contribution >= 0.6 is 15.9 Å². The Kier molecular flexibility index (Phi) is 6.64. The molecule has 0 aliphatic rings. The molecule has 0 unspecified atom stereocenters. The molecule has 0 aliphatic heterocycles. The predicted octanol–water partition coefficient (Wildman–Crippen LogP) is 3.54. The summed E-state index contributed by atoms with van der Waals surface area (Å²) < 4.78 is 0. The lowest BCUT2D eigenvalue weighted by Crippen LogP contribution is -2.34. The normalized spacial score (nSPS) is 10.3. The SMILES string of the molecule is CCCCN(CCBr)C(=O)c1cc(C)ccc1[N+](=O)[O-]. The van der Waals surface area contributed by atoms with E-state index in [0.717, 1.165) is 18.4 Å². The zero-order chi connectivity index (χ0) is 15.1. The molecular formula is C14H19BrN2O3. The molecule has 1 aromatic rings. The molecule has 0 aliphatic carbocycles. The Morgan fingerprint density at radius 2 is 2.10 bits per heavy atom. The van der Waals surface area contributed by atoms with Crippen LogP contribution < -0.4 is 0 Å². The quantitative estimate of drug-likeness (QED) is 0.432. The van der Waals surface area contributed by atoms with Crippen molar-refractivity contribution in [3.63, 3.8) is 0 Å². The maximum absolute atomic E-state index is 12.5. The minimum atomic E-state index is -0.501. The second-order valence-corrected chi connectivity index (χ2v) is 5.41. The van der Waals surface area contributed by atoms with Gasteiger partial charge in [0.2, 0.25) is 0 Å². The van der Waals surface area contributed by atoms with Crippen molar-refractivity contribution in [2.24, 2.45) is 0 Å². The lowest BCUT2D eigenvalue weighted by atomic mass is 10.1. The van der Waals surface area contributed by atoms with Crippen molar-refractivity contribution in [1.29, 1.82) is 0 Å². The van der Waals surface area contributed by atoms with Gasteiger partial charge < -0.3 is 4.90 Å². The number of benzene rings is 1. The van der Waals surface area contributed by atoms with Gasteiger partial charge in [0.1, 0.15) is 5.56 Å². The monoisotopic (exact) mass is 342 g/mol. The lowest BCUT2D eigenvalue weighted by Gasteiger charge is -2.21. The highest BCUT2D eigenvalue weighted by Crippen LogP contribution is 2.22. The third-order valence-corrected chi connectivity index (χ3v) is 3.36. The first kappa shape index (κ1) is 16.6. The van der Waals surface area contributed by atoms with Crippen molar-refractivity contribution in [3.05, 3.63) is 39.4 Å². The molecule has 0 saturated heterocycles. The summed E-state index contributed by atoms with van der Waals surface area (Å²) in [5.74, 6) is -0.270. The van der Waals surface area contributed by atoms with Crippen LogP contribution in [0.15, 0.2) is 18.2 Å². The van der Waals surface area contributed by atoms with Crippen LogP contribution in [0.3, 0.4) is 0 Å². The van der Waals surface area contributed by atoms with E-state index in [1.165, 1.54) is 6.07 Å². The molecule has 0 aromatic heterocycles. The van der Waals surface area contributed by atoms with Gasteiger partial charge in [0.05, 0.1) is 4.92 Å². The van der Waals surface area contributed by atoms with Crippen LogP contribution in [0.25, 0.3) is 0 Å². The molecule has 0 heterocycles. The zero-order valence-electron chi connectivity index (χ0n) is 11.8. The molecule has 20 heavy (non-hydrogen) atoms. The number of alkyl halides is 1. The van der Waals surface area contributed by atoms with Gasteiger partial charge in [-0.25, -0.2) is 0 Å². The average molecular weight is 343 g/mol. The summed E-state index contributed by atoms with van der Waals surface area (Å²) in [4.78, 5) is 24.7. The molecule has 1 rings (SSSR count). The fraction of sp³-hybridized carbons (Fsp3) is 0.500. The van der Waals surface area contributed by atoms with E-state index < -0.39 is 4.92 Å². The van der Waals surface area contributed by atoms with Gasteiger partial charge in [0, 0.05) is 24.5 Å². The van der Waals surface area contributed by atoms with Gasteiger partial charge in [-0.15, -0.1) is 0 Å². The highest BCUT2D eigenvalue weighted by atomic mass is 79.9. The number of nitro groups is 1. The fourth-order valence-electron chi connectivity index (χ4n) is 1.92. The van der Waals surface area contributed by atoms with E-state index in [1.54, 1.807) is 17.0 Å². The van der Waals surface area contributed by atoms with Crippen LogP contribution in [0.2, 0.25) is 0 Å². The van der Waals surface area contributed by atoms with Crippen molar-refractivity contribution in [1.82, 2.24) is 4.90 Å². The van der Waals surface area contributed by atoms with Crippen LogP contribution in [0.4, 0.5) is 5.69 Å². The van der Waals surface area contributed by atoms with Crippen LogP contribution in [-0.4, -0.2) is 34.2 Å². The Labute approximate surface area is 127 Å². The number of hydrogen-bond donors (Lipinski definition) is 0. The van der Waals surface area contributed by atoms with Crippen LogP contribution in [0.5, 0.6) is 0 Å². The Bertz CT molecular complexity index is 491. The van der Waals surface area contributed by atoms with Crippen LogP contribution in [0, 0.1) is 17.0 Å². The minimum Gasteiger partial charge on any atom is -0.338 e. The largest absolute Gasteiger partial charge is 0.338 e. The summed E-state index contributed by atoms with van der Waals surface area (Å²) in [6.45, 7) is 5.03. The Morgan fingerprint density at radius 1 is 1.40 bits per heavy atom. The molecule has 110 valence electrons. The van der Waals surface area contributed by atoms with Crippen LogP contribution in [-0.2, 0) is 0 Å². The Balaban J connectivity index is 3.09. The van der Waals surface area contributed by atoms with Crippen LogP contribution in [0.1, 0.15) is 35.7 Å². The van der Waals surface area contributed by atoms with Gasteiger partial charge in [-0.1, -0.05) is 35.3 Å². The van der Waals surface area contributed by atoms with Gasteiger partial charge in [-0.3, -0.25) is 14.9 Å². The molecule has 0 fully saturated rings.